The van der Waals surface area contributed by atoms with Gasteiger partial charge in [0.25, 0.3) is 0 Å². The Bertz CT molecular complexity index is 1470. The molecule has 3 amide bonds. The molecular weight excluding hydrogens is 582 g/mol. The maximum atomic E-state index is 15.0. The van der Waals surface area contributed by atoms with E-state index in [-0.39, 0.29) is 29.9 Å². The van der Waals surface area contributed by atoms with Crippen molar-refractivity contribution in [3.63, 3.8) is 0 Å². The van der Waals surface area contributed by atoms with Gasteiger partial charge in [-0.3, -0.25) is 24.0 Å². The van der Waals surface area contributed by atoms with Crippen LogP contribution in [0.5, 0.6) is 0 Å². The third-order valence-electron chi connectivity index (χ3n) is 10.2. The number of para-hydroxylation sites is 1. The SMILES string of the molecule is CC(=O)N1[C@H](CC23CC4CC(CC(C4)C2)C3)C(=O)N(Cc2cccc(Cl)c2)c2ccccc2C(=O)C[C@H]1C(=O)NCC(=O)O. The van der Waals surface area contributed by atoms with Gasteiger partial charge in [-0.15, -0.1) is 0 Å². The van der Waals surface area contributed by atoms with Crippen LogP contribution < -0.4 is 10.2 Å². The molecule has 7 rings (SSSR count). The van der Waals surface area contributed by atoms with E-state index < -0.39 is 42.2 Å². The number of hydrogen-bond acceptors (Lipinski definition) is 5. The molecule has 4 fully saturated rings. The fraction of sp³-hybridized carbons (Fsp3) is 0.500. The number of carboxylic acid groups (broad SMARTS) is 1. The van der Waals surface area contributed by atoms with Crippen LogP contribution in [0, 0.1) is 23.2 Å². The van der Waals surface area contributed by atoms with Gasteiger partial charge in [-0.1, -0.05) is 35.9 Å². The Morgan fingerprint density at radius 3 is 2.25 bits per heavy atom. The molecule has 0 unspecified atom stereocenters. The second kappa shape index (κ2) is 12.0. The molecule has 2 aromatic carbocycles. The molecule has 2 atom stereocenters. The fourth-order valence-corrected chi connectivity index (χ4v) is 9.23. The molecule has 232 valence electrons. The minimum absolute atomic E-state index is 0.114. The number of fused-ring (bicyclic) bond motifs is 1. The zero-order chi connectivity index (χ0) is 31.2. The van der Waals surface area contributed by atoms with Gasteiger partial charge >= 0.3 is 5.97 Å². The molecule has 5 aliphatic rings. The van der Waals surface area contributed by atoms with Crippen LogP contribution in [-0.2, 0) is 25.7 Å². The first-order valence-corrected chi connectivity index (χ1v) is 15.9. The summed E-state index contributed by atoms with van der Waals surface area (Å²) in [7, 11) is 0. The van der Waals surface area contributed by atoms with Crippen LogP contribution >= 0.6 is 11.6 Å². The molecule has 9 nitrogen and oxygen atoms in total. The van der Waals surface area contributed by atoms with Crippen molar-refractivity contribution in [2.75, 3.05) is 11.4 Å². The number of amides is 3. The molecule has 2 aromatic rings. The molecule has 4 saturated carbocycles. The molecule has 0 radical (unpaired) electrons. The molecule has 4 bridgehead atoms. The fourth-order valence-electron chi connectivity index (χ4n) is 9.02. The first kappa shape index (κ1) is 30.3. The zero-order valence-corrected chi connectivity index (χ0v) is 25.6. The van der Waals surface area contributed by atoms with Gasteiger partial charge in [0.15, 0.2) is 5.78 Å². The van der Waals surface area contributed by atoms with Gasteiger partial charge in [-0.05, 0) is 97.9 Å². The number of benzene rings is 2. The second-order valence-electron chi connectivity index (χ2n) is 13.4. The van der Waals surface area contributed by atoms with E-state index in [4.69, 9.17) is 11.6 Å². The highest BCUT2D eigenvalue weighted by atomic mass is 35.5. The van der Waals surface area contributed by atoms with Crippen LogP contribution in [0.25, 0.3) is 0 Å². The maximum Gasteiger partial charge on any atom is 0.322 e. The summed E-state index contributed by atoms with van der Waals surface area (Å²) < 4.78 is 0. The summed E-state index contributed by atoms with van der Waals surface area (Å²) in [6.45, 7) is 0.761. The Morgan fingerprint density at radius 2 is 1.64 bits per heavy atom. The summed E-state index contributed by atoms with van der Waals surface area (Å²) in [4.78, 5) is 70.4. The van der Waals surface area contributed by atoms with Gasteiger partial charge in [-0.2, -0.15) is 0 Å². The Balaban J connectivity index is 1.48. The third kappa shape index (κ3) is 5.99. The maximum absolute atomic E-state index is 15.0. The van der Waals surface area contributed by atoms with Gasteiger partial charge in [0.1, 0.15) is 18.6 Å². The molecule has 44 heavy (non-hydrogen) atoms. The predicted molar refractivity (Wildman–Crippen MR) is 164 cm³/mol. The molecular formula is C34H38ClN3O6. The van der Waals surface area contributed by atoms with E-state index in [0.29, 0.717) is 34.9 Å². The minimum atomic E-state index is -1.35. The van der Waals surface area contributed by atoms with E-state index >= 15 is 4.79 Å². The van der Waals surface area contributed by atoms with Gasteiger partial charge in [0.05, 0.1) is 12.2 Å². The number of rotatable bonds is 7. The summed E-state index contributed by atoms with van der Waals surface area (Å²) in [5.74, 6) is -1.52. The van der Waals surface area contributed by atoms with Crippen molar-refractivity contribution >= 4 is 46.8 Å². The third-order valence-corrected chi connectivity index (χ3v) is 10.4. The predicted octanol–water partition coefficient (Wildman–Crippen LogP) is 4.85. The number of Topliss-reactive ketones (excluding diaryl/α,β-unsaturated/α-hetero) is 1. The van der Waals surface area contributed by atoms with Crippen molar-refractivity contribution in [2.45, 2.75) is 76.9 Å². The second-order valence-corrected chi connectivity index (χ2v) is 13.8. The van der Waals surface area contributed by atoms with E-state index in [2.05, 4.69) is 5.32 Å². The number of halogens is 1. The molecule has 0 spiro atoms. The Labute approximate surface area is 261 Å². The normalized spacial score (nSPS) is 29.5. The van der Waals surface area contributed by atoms with E-state index in [1.165, 1.54) is 31.1 Å². The standard InChI is InChI=1S/C34H38ClN3O6/c1-20(39)38-28(32(43)36-18-31(41)42)13-30(40)26-7-2-3-8-27(26)37(19-21-5-4-6-25(35)12-21)33(44)29(38)17-34-14-22-9-23(15-34)11-24(10-22)16-34/h2-8,12,22-24,28-29H,9-11,13-19H2,1H3,(H,36,43)(H,41,42)/t22?,23?,24?,28-,29+,34?/m0/s1. The molecule has 0 aromatic heterocycles. The number of ketones is 1. The number of carbonyl (C=O) groups excluding carboxylic acids is 4. The number of carboxylic acids is 1. The Kier molecular flexibility index (Phi) is 8.26. The Morgan fingerprint density at radius 1 is 0.977 bits per heavy atom. The van der Waals surface area contributed by atoms with Crippen LogP contribution in [0.15, 0.2) is 48.5 Å². The van der Waals surface area contributed by atoms with Crippen molar-refractivity contribution in [2.24, 2.45) is 23.2 Å². The van der Waals surface area contributed by atoms with Gasteiger partial charge < -0.3 is 20.2 Å². The van der Waals surface area contributed by atoms with Gasteiger partial charge in [0.2, 0.25) is 17.7 Å². The van der Waals surface area contributed by atoms with Crippen LogP contribution in [0.3, 0.4) is 0 Å². The summed E-state index contributed by atoms with van der Waals surface area (Å²) >= 11 is 6.31. The van der Waals surface area contributed by atoms with E-state index in [0.717, 1.165) is 24.8 Å². The largest absolute Gasteiger partial charge is 0.480 e. The summed E-state index contributed by atoms with van der Waals surface area (Å²) in [6.07, 6.45) is 6.57. The highest BCUT2D eigenvalue weighted by Gasteiger charge is 2.54. The summed E-state index contributed by atoms with van der Waals surface area (Å²) in [6, 6.07) is 11.6. The van der Waals surface area contributed by atoms with Gasteiger partial charge in [-0.25, -0.2) is 0 Å². The molecule has 10 heteroatoms. The van der Waals surface area contributed by atoms with Crippen LogP contribution in [0.4, 0.5) is 5.69 Å². The number of aliphatic carboxylic acids is 1. The van der Waals surface area contributed by atoms with Crippen LogP contribution in [0.1, 0.15) is 74.2 Å². The van der Waals surface area contributed by atoms with Crippen molar-refractivity contribution in [3.05, 3.63) is 64.7 Å². The quantitative estimate of drug-likeness (QED) is 0.457. The monoisotopic (exact) mass is 619 g/mol. The topological polar surface area (TPSA) is 124 Å². The minimum Gasteiger partial charge on any atom is -0.480 e. The lowest BCUT2D eigenvalue weighted by Gasteiger charge is -2.58. The lowest BCUT2D eigenvalue weighted by atomic mass is 9.48. The van der Waals surface area contributed by atoms with Gasteiger partial charge in [0, 0.05) is 23.9 Å². The number of nitrogens with zero attached hydrogens (tertiary/aromatic N) is 2. The number of carbonyl (C=O) groups is 5. The first-order valence-electron chi connectivity index (χ1n) is 15.5. The molecule has 4 aliphatic carbocycles. The van der Waals surface area contributed by atoms with Crippen LogP contribution in [-0.4, -0.2) is 58.1 Å². The van der Waals surface area contributed by atoms with E-state index in [1.807, 2.05) is 6.07 Å². The molecule has 1 heterocycles. The lowest BCUT2D eigenvalue weighted by Crippen LogP contribution is -2.60. The van der Waals surface area contributed by atoms with E-state index in [1.54, 1.807) is 47.4 Å². The van der Waals surface area contributed by atoms with Crippen molar-refractivity contribution in [3.8, 4) is 0 Å². The zero-order valence-electron chi connectivity index (χ0n) is 24.8. The molecule has 1 aliphatic heterocycles. The number of anilines is 1. The number of hydrogen-bond donors (Lipinski definition) is 2. The van der Waals surface area contributed by atoms with Crippen molar-refractivity contribution in [1.82, 2.24) is 10.2 Å². The smallest absolute Gasteiger partial charge is 0.322 e. The lowest BCUT2D eigenvalue weighted by molar-refractivity contribution is -0.150. The highest BCUT2D eigenvalue weighted by molar-refractivity contribution is 6.30. The number of nitrogens with one attached hydrogen (secondary N) is 1. The Hall–Kier alpha value is -3.72. The summed E-state index contributed by atoms with van der Waals surface area (Å²) in [5.41, 5.74) is 1.28. The van der Waals surface area contributed by atoms with Crippen molar-refractivity contribution in [1.29, 1.82) is 0 Å². The molecule has 0 saturated heterocycles. The average molecular weight is 620 g/mol. The van der Waals surface area contributed by atoms with Crippen LogP contribution in [0.2, 0.25) is 5.02 Å². The summed E-state index contributed by atoms with van der Waals surface area (Å²) in [5, 5.41) is 12.1. The highest BCUT2D eigenvalue weighted by Crippen LogP contribution is 2.62. The molecule has 2 N–H and O–H groups in total. The first-order chi connectivity index (χ1) is 21.0. The van der Waals surface area contributed by atoms with E-state index in [9.17, 15) is 24.3 Å². The average Bonchev–Trinajstić information content (AvgIpc) is 2.99. The van der Waals surface area contributed by atoms with Crippen molar-refractivity contribution < 1.29 is 29.1 Å².